The first-order chi connectivity index (χ1) is 10.4. The van der Waals surface area contributed by atoms with Gasteiger partial charge in [0.2, 0.25) is 0 Å². The van der Waals surface area contributed by atoms with Crippen molar-refractivity contribution in [1.82, 2.24) is 9.62 Å². The maximum Gasteiger partial charge on any atom is 0.410 e. The number of nitrogens with zero attached hydrogens (tertiary/aromatic N) is 1. The Morgan fingerprint density at radius 3 is 2.22 bits per heavy atom. The predicted octanol–water partition coefficient (Wildman–Crippen LogP) is 1.50. The molecule has 0 aliphatic rings. The molecule has 0 aromatic heterocycles. The number of halogens is 1. The molecular formula is C14H19FN2O5S. The van der Waals surface area contributed by atoms with Crippen LogP contribution in [0.4, 0.5) is 9.18 Å². The average Bonchev–Trinajstić information content (AvgIpc) is 2.36. The van der Waals surface area contributed by atoms with Gasteiger partial charge in [-0.05, 0) is 45.0 Å². The lowest BCUT2D eigenvalue weighted by atomic mass is 10.2. The normalized spacial score (nSPS) is 11.7. The number of carbonyl (C=O) groups is 2. The van der Waals surface area contributed by atoms with Gasteiger partial charge in [-0.1, -0.05) is 0 Å². The molecule has 1 aromatic carbocycles. The first-order valence-corrected chi connectivity index (χ1v) is 8.14. The van der Waals surface area contributed by atoms with Crippen molar-refractivity contribution in [1.29, 1.82) is 0 Å². The fraction of sp³-hybridized carbons (Fsp3) is 0.429. The lowest BCUT2D eigenvalue weighted by Gasteiger charge is -2.24. The molecule has 0 saturated carbocycles. The molecule has 128 valence electrons. The number of rotatable bonds is 4. The molecule has 0 saturated heterocycles. The van der Waals surface area contributed by atoms with Gasteiger partial charge in [0, 0.05) is 7.05 Å². The molecule has 9 heteroatoms. The van der Waals surface area contributed by atoms with Crippen LogP contribution in [0, 0.1) is 5.82 Å². The standard InChI is InChI=1S/C14H19FN2O5S/c1-14(2,3)22-13(19)17(4)9-12(18)16-23(20,21)11-7-5-10(15)6-8-11/h5-8H,9H2,1-4H3,(H,16,18). The van der Waals surface area contributed by atoms with Gasteiger partial charge in [0.1, 0.15) is 18.0 Å². The largest absolute Gasteiger partial charge is 0.444 e. The van der Waals surface area contributed by atoms with E-state index in [-0.39, 0.29) is 4.90 Å². The van der Waals surface area contributed by atoms with Gasteiger partial charge in [0.15, 0.2) is 0 Å². The van der Waals surface area contributed by atoms with Crippen LogP contribution in [0.5, 0.6) is 0 Å². The minimum absolute atomic E-state index is 0.257. The zero-order chi connectivity index (χ0) is 17.8. The second-order valence-electron chi connectivity index (χ2n) is 5.82. The lowest BCUT2D eigenvalue weighted by molar-refractivity contribution is -0.120. The number of nitrogens with one attached hydrogen (secondary N) is 1. The number of carbonyl (C=O) groups excluding carboxylic acids is 2. The first kappa shape index (κ1) is 18.9. The highest BCUT2D eigenvalue weighted by Gasteiger charge is 2.23. The average molecular weight is 346 g/mol. The van der Waals surface area contributed by atoms with E-state index in [0.717, 1.165) is 29.2 Å². The fourth-order valence-corrected chi connectivity index (χ4v) is 2.45. The Morgan fingerprint density at radius 2 is 1.74 bits per heavy atom. The maximum absolute atomic E-state index is 12.8. The second-order valence-corrected chi connectivity index (χ2v) is 7.50. The van der Waals surface area contributed by atoms with Crippen LogP contribution in [0.3, 0.4) is 0 Å². The van der Waals surface area contributed by atoms with Crippen LogP contribution < -0.4 is 4.72 Å². The van der Waals surface area contributed by atoms with Crippen molar-refractivity contribution in [3.8, 4) is 0 Å². The van der Waals surface area contributed by atoms with Gasteiger partial charge in [0.25, 0.3) is 15.9 Å². The number of benzene rings is 1. The number of ether oxygens (including phenoxy) is 1. The summed E-state index contributed by atoms with van der Waals surface area (Å²) < 4.78 is 43.5. The van der Waals surface area contributed by atoms with Crippen molar-refractivity contribution >= 4 is 22.0 Å². The zero-order valence-electron chi connectivity index (χ0n) is 13.3. The highest BCUT2D eigenvalue weighted by Crippen LogP contribution is 2.10. The number of hydrogen-bond donors (Lipinski definition) is 1. The fourth-order valence-electron chi connectivity index (χ4n) is 1.47. The van der Waals surface area contributed by atoms with Gasteiger partial charge in [-0.2, -0.15) is 0 Å². The van der Waals surface area contributed by atoms with Crippen molar-refractivity contribution < 1.29 is 27.1 Å². The van der Waals surface area contributed by atoms with Crippen molar-refractivity contribution in [2.45, 2.75) is 31.3 Å². The van der Waals surface area contributed by atoms with E-state index in [1.165, 1.54) is 7.05 Å². The Morgan fingerprint density at radius 1 is 1.22 bits per heavy atom. The Bertz CT molecular complexity index is 680. The Balaban J connectivity index is 2.69. The van der Waals surface area contributed by atoms with E-state index in [0.29, 0.717) is 0 Å². The molecule has 1 aromatic rings. The molecule has 1 N–H and O–H groups in total. The summed E-state index contributed by atoms with van der Waals surface area (Å²) in [7, 11) is -2.82. The molecular weight excluding hydrogens is 327 g/mol. The van der Waals surface area contributed by atoms with E-state index in [1.807, 2.05) is 0 Å². The van der Waals surface area contributed by atoms with Crippen molar-refractivity contribution in [3.05, 3.63) is 30.1 Å². The summed E-state index contributed by atoms with van der Waals surface area (Å²) in [5.41, 5.74) is -0.734. The molecule has 0 radical (unpaired) electrons. The van der Waals surface area contributed by atoms with Crippen LogP contribution in [0.2, 0.25) is 0 Å². The molecule has 1 rings (SSSR count). The summed E-state index contributed by atoms with van der Waals surface area (Å²) in [6.45, 7) is 4.49. The van der Waals surface area contributed by atoms with E-state index in [2.05, 4.69) is 0 Å². The van der Waals surface area contributed by atoms with Crippen LogP contribution in [-0.2, 0) is 19.6 Å². The third-order valence-electron chi connectivity index (χ3n) is 2.46. The van der Waals surface area contributed by atoms with E-state index in [1.54, 1.807) is 25.5 Å². The van der Waals surface area contributed by atoms with Gasteiger partial charge in [-0.15, -0.1) is 0 Å². The summed E-state index contributed by atoms with van der Waals surface area (Å²) in [6.07, 6.45) is -0.758. The Hall–Kier alpha value is -2.16. The van der Waals surface area contributed by atoms with Gasteiger partial charge in [0.05, 0.1) is 4.90 Å². The van der Waals surface area contributed by atoms with E-state index < -0.39 is 40.0 Å². The topological polar surface area (TPSA) is 92.8 Å². The van der Waals surface area contributed by atoms with Crippen LogP contribution in [0.25, 0.3) is 0 Å². The summed E-state index contributed by atoms with van der Waals surface area (Å²) in [6, 6.07) is 3.99. The minimum atomic E-state index is -4.13. The highest BCUT2D eigenvalue weighted by molar-refractivity contribution is 7.90. The highest BCUT2D eigenvalue weighted by atomic mass is 32.2. The Kier molecular flexibility index (Phi) is 5.70. The number of sulfonamides is 1. The quantitative estimate of drug-likeness (QED) is 0.892. The minimum Gasteiger partial charge on any atom is -0.444 e. The predicted molar refractivity (Wildman–Crippen MR) is 80.6 cm³/mol. The summed E-state index contributed by atoms with van der Waals surface area (Å²) in [4.78, 5) is 24.2. The molecule has 7 nitrogen and oxygen atoms in total. The third-order valence-corrected chi connectivity index (χ3v) is 3.85. The number of likely N-dealkylation sites (N-methyl/N-ethyl adjacent to an activating group) is 1. The van der Waals surface area contributed by atoms with E-state index in [9.17, 15) is 22.4 Å². The van der Waals surface area contributed by atoms with Crippen molar-refractivity contribution in [3.63, 3.8) is 0 Å². The Labute approximate surface area is 134 Å². The van der Waals surface area contributed by atoms with Gasteiger partial charge in [-0.25, -0.2) is 22.3 Å². The summed E-state index contributed by atoms with van der Waals surface area (Å²) >= 11 is 0. The molecule has 0 heterocycles. The monoisotopic (exact) mass is 346 g/mol. The van der Waals surface area contributed by atoms with Crippen LogP contribution in [0.15, 0.2) is 29.2 Å². The molecule has 0 fully saturated rings. The van der Waals surface area contributed by atoms with Gasteiger partial charge in [-0.3, -0.25) is 4.79 Å². The SMILES string of the molecule is CN(CC(=O)NS(=O)(=O)c1ccc(F)cc1)C(=O)OC(C)(C)C. The molecule has 0 aliphatic heterocycles. The van der Waals surface area contributed by atoms with Gasteiger partial charge >= 0.3 is 6.09 Å². The molecule has 0 atom stereocenters. The molecule has 2 amide bonds. The lowest BCUT2D eigenvalue weighted by Crippen LogP contribution is -2.42. The van der Waals surface area contributed by atoms with E-state index in [4.69, 9.17) is 4.74 Å². The molecule has 0 bridgehead atoms. The van der Waals surface area contributed by atoms with Crippen LogP contribution in [0.1, 0.15) is 20.8 Å². The van der Waals surface area contributed by atoms with Crippen LogP contribution >= 0.6 is 0 Å². The number of hydrogen-bond acceptors (Lipinski definition) is 5. The number of amides is 2. The van der Waals surface area contributed by atoms with E-state index >= 15 is 0 Å². The zero-order valence-corrected chi connectivity index (χ0v) is 14.1. The smallest absolute Gasteiger partial charge is 0.410 e. The first-order valence-electron chi connectivity index (χ1n) is 6.66. The second kappa shape index (κ2) is 6.95. The maximum atomic E-state index is 12.8. The molecule has 23 heavy (non-hydrogen) atoms. The van der Waals surface area contributed by atoms with Crippen molar-refractivity contribution in [2.24, 2.45) is 0 Å². The third kappa shape index (κ3) is 6.23. The summed E-state index contributed by atoms with van der Waals surface area (Å²) in [5.74, 6) is -1.51. The molecule has 0 spiro atoms. The molecule has 0 unspecified atom stereocenters. The molecule has 0 aliphatic carbocycles. The summed E-state index contributed by atoms with van der Waals surface area (Å²) in [5, 5.41) is 0. The van der Waals surface area contributed by atoms with Crippen molar-refractivity contribution in [2.75, 3.05) is 13.6 Å². The van der Waals surface area contributed by atoms with Crippen LogP contribution in [-0.4, -0.2) is 44.5 Å². The van der Waals surface area contributed by atoms with Gasteiger partial charge < -0.3 is 9.64 Å².